The molecule has 1 aromatic rings. The predicted molar refractivity (Wildman–Crippen MR) is 160 cm³/mol. The Kier molecular flexibility index (Phi) is 12.4. The SMILES string of the molecule is CCN=C/C=c1\[nH]/c(=C(/C)C2=N/C(=C\C(NC)=C(/C)CC)[C@@H](C)[C@@H]2CCC(=O)N(C)CCCCl)cc1C. The molecule has 0 unspecified atom stereocenters. The van der Waals surface area contributed by atoms with Crippen LogP contribution in [0.3, 0.4) is 0 Å². The summed E-state index contributed by atoms with van der Waals surface area (Å²) >= 11 is 5.83. The van der Waals surface area contributed by atoms with Crippen LogP contribution in [0.5, 0.6) is 0 Å². The first-order chi connectivity index (χ1) is 17.7. The fraction of sp³-hybridized carbons (Fsp3) is 0.567. The summed E-state index contributed by atoms with van der Waals surface area (Å²) in [7, 11) is 3.82. The first-order valence-corrected chi connectivity index (χ1v) is 14.1. The van der Waals surface area contributed by atoms with Crippen molar-refractivity contribution in [2.45, 2.75) is 67.2 Å². The Labute approximate surface area is 228 Å². The Morgan fingerprint density at radius 1 is 1.32 bits per heavy atom. The number of aromatic nitrogens is 1. The molecule has 2 N–H and O–H groups in total. The molecule has 1 amide bonds. The number of hydrogen-bond donors (Lipinski definition) is 2. The minimum absolute atomic E-state index is 0.159. The van der Waals surface area contributed by atoms with Crippen LogP contribution in [0, 0.1) is 18.8 Å². The van der Waals surface area contributed by atoms with Gasteiger partial charge in [-0.1, -0.05) is 19.4 Å². The van der Waals surface area contributed by atoms with Gasteiger partial charge in [0.1, 0.15) is 0 Å². The van der Waals surface area contributed by atoms with E-state index in [1.807, 2.05) is 33.3 Å². The van der Waals surface area contributed by atoms with Crippen molar-refractivity contribution in [2.24, 2.45) is 21.8 Å². The average molecular weight is 528 g/mol. The van der Waals surface area contributed by atoms with E-state index in [2.05, 4.69) is 62.1 Å². The second-order valence-electron chi connectivity index (χ2n) is 9.87. The maximum absolute atomic E-state index is 12.8. The molecule has 0 saturated heterocycles. The third-order valence-electron chi connectivity index (χ3n) is 7.32. The summed E-state index contributed by atoms with van der Waals surface area (Å²) in [6.45, 7) is 14.3. The van der Waals surface area contributed by atoms with Crippen LogP contribution in [0.4, 0.5) is 0 Å². The molecule has 37 heavy (non-hydrogen) atoms. The van der Waals surface area contributed by atoms with Gasteiger partial charge in [0.15, 0.2) is 0 Å². The van der Waals surface area contributed by atoms with Gasteiger partial charge < -0.3 is 15.2 Å². The number of aromatic amines is 1. The van der Waals surface area contributed by atoms with Gasteiger partial charge in [-0.3, -0.25) is 14.8 Å². The van der Waals surface area contributed by atoms with Crippen molar-refractivity contribution in [3.8, 4) is 0 Å². The molecule has 1 aromatic heterocycles. The highest BCUT2D eigenvalue weighted by atomic mass is 35.5. The number of aliphatic imine (C=N–C) groups is 2. The molecule has 2 atom stereocenters. The molecule has 0 saturated carbocycles. The lowest BCUT2D eigenvalue weighted by atomic mass is 9.84. The summed E-state index contributed by atoms with van der Waals surface area (Å²) in [5.74, 6) is 1.09. The zero-order valence-corrected chi connectivity index (χ0v) is 24.8. The number of likely N-dealkylation sites (N-methyl/N-ethyl adjacent to an activating group) is 1. The molecule has 204 valence electrons. The molecule has 2 rings (SSSR count). The molecule has 0 radical (unpaired) electrons. The molecule has 1 aliphatic rings. The third kappa shape index (κ3) is 8.19. The van der Waals surface area contributed by atoms with Gasteiger partial charge in [-0.2, -0.15) is 0 Å². The van der Waals surface area contributed by atoms with Crippen LogP contribution in [0.15, 0.2) is 39.1 Å². The molecule has 7 heteroatoms. The van der Waals surface area contributed by atoms with Crippen LogP contribution < -0.4 is 16.0 Å². The largest absolute Gasteiger partial charge is 0.388 e. The monoisotopic (exact) mass is 527 g/mol. The average Bonchev–Trinajstić information content (AvgIpc) is 3.42. The Morgan fingerprint density at radius 3 is 2.68 bits per heavy atom. The molecule has 0 aromatic carbocycles. The molecule has 0 spiro atoms. The number of allylic oxidation sites excluding steroid dienone is 3. The molecular formula is C30H46ClN5O. The van der Waals surface area contributed by atoms with Gasteiger partial charge in [0.05, 0.1) is 0 Å². The standard InChI is InChI=1S/C30H46ClN5O/c1-9-20(3)26(32-7)19-28-22(5)24(12-13-29(37)36(8)17-11-15-31)30(35-28)23(6)27-18-21(4)25(34-27)14-16-33-10-2/h14,16,18-19,22,24,32,34H,9-13,15,17H2,1-8H3/b25-14-,26-20-,27-23-,28-19-,33-16?/t22-,24-/m0/s1. The Morgan fingerprint density at radius 2 is 2.05 bits per heavy atom. The number of rotatable bonds is 12. The Balaban J connectivity index is 2.52. The lowest BCUT2D eigenvalue weighted by molar-refractivity contribution is -0.130. The normalized spacial score (nSPS) is 20.9. The van der Waals surface area contributed by atoms with Gasteiger partial charge in [-0.15, -0.1) is 11.6 Å². The number of halogens is 1. The number of carbonyl (C=O) groups is 1. The number of amides is 1. The highest BCUT2D eigenvalue weighted by Crippen LogP contribution is 2.37. The van der Waals surface area contributed by atoms with E-state index in [9.17, 15) is 4.79 Å². The van der Waals surface area contributed by atoms with E-state index in [0.717, 1.165) is 59.2 Å². The zero-order valence-electron chi connectivity index (χ0n) is 24.0. The van der Waals surface area contributed by atoms with E-state index < -0.39 is 0 Å². The maximum Gasteiger partial charge on any atom is 0.222 e. The first kappa shape index (κ1) is 30.6. The fourth-order valence-corrected chi connectivity index (χ4v) is 4.76. The number of nitrogens with one attached hydrogen (secondary N) is 2. The van der Waals surface area contributed by atoms with E-state index in [1.54, 1.807) is 4.90 Å². The van der Waals surface area contributed by atoms with E-state index >= 15 is 0 Å². The lowest BCUT2D eigenvalue weighted by Gasteiger charge is -2.21. The molecular weight excluding hydrogens is 482 g/mol. The summed E-state index contributed by atoms with van der Waals surface area (Å²) in [4.78, 5) is 27.7. The predicted octanol–water partition coefficient (Wildman–Crippen LogP) is 4.73. The van der Waals surface area contributed by atoms with Gasteiger partial charge in [0.2, 0.25) is 5.91 Å². The van der Waals surface area contributed by atoms with Crippen molar-refractivity contribution in [1.29, 1.82) is 0 Å². The summed E-state index contributed by atoms with van der Waals surface area (Å²) in [5.41, 5.74) is 6.84. The number of H-pyrrole nitrogens is 1. The number of carbonyl (C=O) groups excluding carboxylic acids is 1. The fourth-order valence-electron chi connectivity index (χ4n) is 4.64. The minimum Gasteiger partial charge on any atom is -0.388 e. The summed E-state index contributed by atoms with van der Waals surface area (Å²) < 4.78 is 0. The van der Waals surface area contributed by atoms with E-state index in [-0.39, 0.29) is 17.7 Å². The highest BCUT2D eigenvalue weighted by molar-refractivity contribution is 6.20. The number of nitrogens with zero attached hydrogens (tertiary/aromatic N) is 3. The summed E-state index contributed by atoms with van der Waals surface area (Å²) in [5, 5.41) is 5.46. The van der Waals surface area contributed by atoms with Crippen LogP contribution in [0.25, 0.3) is 11.6 Å². The van der Waals surface area contributed by atoms with E-state index in [0.29, 0.717) is 18.8 Å². The molecule has 6 nitrogen and oxygen atoms in total. The van der Waals surface area contributed by atoms with Crippen molar-refractivity contribution in [2.75, 3.05) is 33.1 Å². The van der Waals surface area contributed by atoms with Crippen molar-refractivity contribution in [3.63, 3.8) is 0 Å². The van der Waals surface area contributed by atoms with Gasteiger partial charge >= 0.3 is 0 Å². The Bertz CT molecular complexity index is 1170. The van der Waals surface area contributed by atoms with Crippen LogP contribution in [-0.4, -0.2) is 60.8 Å². The van der Waals surface area contributed by atoms with Gasteiger partial charge in [0.25, 0.3) is 0 Å². The van der Waals surface area contributed by atoms with Crippen LogP contribution in [-0.2, 0) is 4.79 Å². The van der Waals surface area contributed by atoms with Crippen molar-refractivity contribution < 1.29 is 4.79 Å². The van der Waals surface area contributed by atoms with Crippen LogP contribution >= 0.6 is 11.6 Å². The smallest absolute Gasteiger partial charge is 0.222 e. The second kappa shape index (κ2) is 15.0. The van der Waals surface area contributed by atoms with Gasteiger partial charge in [-0.05, 0) is 76.3 Å². The first-order valence-electron chi connectivity index (χ1n) is 13.5. The number of alkyl halides is 1. The van der Waals surface area contributed by atoms with E-state index in [1.165, 1.54) is 11.1 Å². The molecule has 2 heterocycles. The molecule has 1 aliphatic heterocycles. The molecule has 0 aliphatic carbocycles. The van der Waals surface area contributed by atoms with Crippen molar-refractivity contribution in [3.05, 3.63) is 45.4 Å². The van der Waals surface area contributed by atoms with Gasteiger partial charge in [-0.25, -0.2) is 0 Å². The zero-order chi connectivity index (χ0) is 27.5. The number of aryl methyl sites for hydroxylation is 1. The lowest BCUT2D eigenvalue weighted by Crippen LogP contribution is -2.29. The van der Waals surface area contributed by atoms with Crippen molar-refractivity contribution >= 4 is 41.1 Å². The highest BCUT2D eigenvalue weighted by Gasteiger charge is 2.33. The topological polar surface area (TPSA) is 72.8 Å². The molecule has 0 fully saturated rings. The maximum atomic E-state index is 12.8. The molecule has 0 bridgehead atoms. The van der Waals surface area contributed by atoms with Gasteiger partial charge in [0, 0.05) is 85.3 Å². The van der Waals surface area contributed by atoms with Crippen LogP contribution in [0.1, 0.15) is 65.9 Å². The van der Waals surface area contributed by atoms with E-state index in [4.69, 9.17) is 16.6 Å². The second-order valence-corrected chi connectivity index (χ2v) is 10.3. The summed E-state index contributed by atoms with van der Waals surface area (Å²) in [6.07, 6.45) is 9.09. The van der Waals surface area contributed by atoms with Crippen molar-refractivity contribution in [1.82, 2.24) is 15.2 Å². The third-order valence-corrected chi connectivity index (χ3v) is 7.58. The minimum atomic E-state index is 0.159. The summed E-state index contributed by atoms with van der Waals surface area (Å²) in [6, 6.07) is 2.18. The number of hydrogen-bond acceptors (Lipinski definition) is 4. The quantitative estimate of drug-likeness (QED) is 0.305. The Hall–Kier alpha value is -2.60. The van der Waals surface area contributed by atoms with Crippen LogP contribution in [0.2, 0.25) is 0 Å².